The van der Waals surface area contributed by atoms with E-state index in [-0.39, 0.29) is 29.4 Å². The van der Waals surface area contributed by atoms with Crippen LogP contribution in [0, 0.1) is 27.7 Å². The van der Waals surface area contributed by atoms with Crippen molar-refractivity contribution in [3.8, 4) is 40.2 Å². The molecule has 0 aliphatic rings. The van der Waals surface area contributed by atoms with Crippen molar-refractivity contribution in [1.29, 1.82) is 0 Å². The number of aromatic hydroxyl groups is 1. The highest BCUT2D eigenvalue weighted by molar-refractivity contribution is 7.43. The van der Waals surface area contributed by atoms with Crippen molar-refractivity contribution in [2.24, 2.45) is 0 Å². The van der Waals surface area contributed by atoms with E-state index in [1.165, 1.54) is 0 Å². The van der Waals surface area contributed by atoms with Crippen LogP contribution in [0.15, 0.2) is 115 Å². The van der Waals surface area contributed by atoms with Crippen molar-refractivity contribution < 1.29 is 32.2 Å². The minimum atomic E-state index is -2.11. The predicted molar refractivity (Wildman–Crippen MR) is 262 cm³/mol. The molecule has 328 valence electrons. The average molecular weight is 883 g/mol. The maximum atomic E-state index is 12.6. The van der Waals surface area contributed by atoms with E-state index in [4.69, 9.17) is 27.1 Å². The molecule has 63 heavy (non-hydrogen) atoms. The highest BCUT2D eigenvalue weighted by atomic mass is 31.2. The van der Waals surface area contributed by atoms with Gasteiger partial charge < -0.3 is 32.2 Å². The predicted octanol–water partition coefficient (Wildman–Crippen LogP) is 17.0. The summed E-state index contributed by atoms with van der Waals surface area (Å²) in [5.41, 5.74) is 8.40. The summed E-state index contributed by atoms with van der Waals surface area (Å²) in [7, 11) is -4.21. The Hall–Kier alpha value is -5.48. The second kappa shape index (κ2) is 19.5. The van der Waals surface area contributed by atoms with Crippen molar-refractivity contribution in [1.82, 2.24) is 0 Å². The van der Waals surface area contributed by atoms with Crippen LogP contribution in [-0.4, -0.2) is 5.11 Å². The molecule has 0 radical (unpaired) electrons. The Kier molecular flexibility index (Phi) is 14.1. The van der Waals surface area contributed by atoms with Crippen molar-refractivity contribution in [2.45, 2.75) is 107 Å². The Balaban J connectivity index is 1.34. The molecular weight excluding hydrogens is 823 g/mol. The molecule has 0 aliphatic carbocycles. The summed E-state index contributed by atoms with van der Waals surface area (Å²) in [6.07, 6.45) is 0. The first kappa shape index (κ1) is 45.5. The molecule has 0 saturated heterocycles. The van der Waals surface area contributed by atoms with E-state index in [1.54, 1.807) is 0 Å². The fraction of sp³-hybridized carbons (Fsp3) is 0.296. The average Bonchev–Trinajstić information content (AvgIpc) is 3.20. The van der Waals surface area contributed by atoms with Crippen molar-refractivity contribution in [3.63, 3.8) is 0 Å². The van der Waals surface area contributed by atoms with E-state index >= 15 is 0 Å². The first-order chi connectivity index (χ1) is 30.1. The van der Waals surface area contributed by atoms with Gasteiger partial charge in [-0.3, -0.25) is 0 Å². The number of benzene rings is 7. The lowest BCUT2D eigenvalue weighted by Gasteiger charge is -2.24. The molecule has 0 aromatic heterocycles. The van der Waals surface area contributed by atoms with Crippen LogP contribution in [0.2, 0.25) is 0 Å². The lowest BCUT2D eigenvalue weighted by atomic mass is 10.0. The summed E-state index contributed by atoms with van der Waals surface area (Å²) in [6, 6.07) is 38.3. The summed E-state index contributed by atoms with van der Waals surface area (Å²) in [6.45, 7) is 25.3. The maximum absolute atomic E-state index is 12.6. The number of hydrogen-bond acceptors (Lipinski definition) is 7. The number of rotatable bonds is 16. The van der Waals surface area contributed by atoms with E-state index in [0.717, 1.165) is 55.3 Å². The largest absolute Gasteiger partial charge is 0.530 e. The maximum Gasteiger partial charge on any atom is 0.530 e. The molecule has 1 N–H and O–H groups in total. The van der Waals surface area contributed by atoms with Crippen molar-refractivity contribution in [2.75, 3.05) is 0 Å². The second-order valence-corrected chi connectivity index (χ2v) is 19.7. The fourth-order valence-corrected chi connectivity index (χ4v) is 9.80. The minimum absolute atomic E-state index is 0.00713. The minimum Gasteiger partial charge on any atom is -0.506 e. The van der Waals surface area contributed by atoms with Gasteiger partial charge in [-0.05, 0) is 149 Å². The van der Waals surface area contributed by atoms with Gasteiger partial charge in [-0.15, -0.1) is 0 Å². The molecule has 0 bridgehead atoms. The number of phenolic OH excluding ortho intramolecular Hbond substituents is 1. The van der Waals surface area contributed by atoms with Gasteiger partial charge in [-0.1, -0.05) is 128 Å². The van der Waals surface area contributed by atoms with Gasteiger partial charge in [0.25, 0.3) is 0 Å². The summed E-state index contributed by atoms with van der Waals surface area (Å²) in [5.74, 6) is 4.34. The molecule has 7 aromatic carbocycles. The summed E-state index contributed by atoms with van der Waals surface area (Å²) >= 11 is 0. The molecule has 0 amide bonds. The van der Waals surface area contributed by atoms with Gasteiger partial charge in [0, 0.05) is 0 Å². The van der Waals surface area contributed by atoms with Gasteiger partial charge in [0.15, 0.2) is 0 Å². The third-order valence-corrected chi connectivity index (χ3v) is 13.2. The number of fused-ring (bicyclic) bond motifs is 2. The van der Waals surface area contributed by atoms with E-state index in [0.29, 0.717) is 45.3 Å². The van der Waals surface area contributed by atoms with Gasteiger partial charge in [0.05, 0.1) is 10.8 Å². The first-order valence-corrected chi connectivity index (χ1v) is 24.0. The summed E-state index contributed by atoms with van der Waals surface area (Å²) in [5, 5.41) is 15.1. The quantitative estimate of drug-likeness (QED) is 0.0765. The molecule has 7 nitrogen and oxygen atoms in total. The monoisotopic (exact) mass is 882 g/mol. The van der Waals surface area contributed by atoms with Crippen LogP contribution in [-0.2, 0) is 0 Å². The summed E-state index contributed by atoms with van der Waals surface area (Å²) in [4.78, 5) is 0. The zero-order valence-corrected chi connectivity index (χ0v) is 40.4. The van der Waals surface area contributed by atoms with E-state index in [9.17, 15) is 5.11 Å². The van der Waals surface area contributed by atoms with Crippen LogP contribution >= 0.6 is 17.2 Å². The van der Waals surface area contributed by atoms with Gasteiger partial charge in [0.2, 0.25) is 0 Å². The van der Waals surface area contributed by atoms with Gasteiger partial charge in [0.1, 0.15) is 40.2 Å². The molecule has 0 aliphatic heterocycles. The zero-order chi connectivity index (χ0) is 45.1. The van der Waals surface area contributed by atoms with Crippen LogP contribution in [0.25, 0.3) is 21.5 Å². The lowest BCUT2D eigenvalue weighted by Crippen LogP contribution is -2.07. The molecule has 0 atom stereocenters. The van der Waals surface area contributed by atoms with E-state index in [2.05, 4.69) is 104 Å². The topological polar surface area (TPSA) is 75.6 Å². The van der Waals surface area contributed by atoms with Crippen LogP contribution in [0.5, 0.6) is 40.2 Å². The van der Waals surface area contributed by atoms with E-state index < -0.39 is 17.2 Å². The van der Waals surface area contributed by atoms with E-state index in [1.807, 2.05) is 94.4 Å². The number of hydrogen-bond donors (Lipinski definition) is 1. The Bertz CT molecular complexity index is 2440. The Labute approximate surface area is 376 Å². The first-order valence-electron chi connectivity index (χ1n) is 21.8. The third-order valence-electron chi connectivity index (χ3n) is 11.1. The molecule has 9 heteroatoms. The summed E-state index contributed by atoms with van der Waals surface area (Å²) < 4.78 is 40.9. The fourth-order valence-electron chi connectivity index (χ4n) is 7.67. The Morgan fingerprint density at radius 2 is 0.619 bits per heavy atom. The number of phenols is 1. The molecule has 7 rings (SSSR count). The van der Waals surface area contributed by atoms with Crippen LogP contribution < -0.4 is 27.1 Å². The molecule has 0 fully saturated rings. The Morgan fingerprint density at radius 3 is 0.889 bits per heavy atom. The molecule has 0 saturated carbocycles. The van der Waals surface area contributed by atoms with Crippen molar-refractivity contribution in [3.05, 3.63) is 160 Å². The SMILES string of the molecule is Cc1ccc(C(C)C)c(OP(Oc2cc(C)ccc2C(C)C)Oc2cccc3cc4cccc(OP(Oc5cc(C)ccc5C(C)C)Oc5cc(C)ccc5C(C)C)c4c(O)c23)c1. The van der Waals surface area contributed by atoms with Gasteiger partial charge >= 0.3 is 17.2 Å². The highest BCUT2D eigenvalue weighted by Crippen LogP contribution is 2.53. The van der Waals surface area contributed by atoms with Gasteiger partial charge in [-0.25, -0.2) is 0 Å². The normalized spacial score (nSPS) is 11.8. The lowest BCUT2D eigenvalue weighted by molar-refractivity contribution is 0.384. The van der Waals surface area contributed by atoms with Crippen LogP contribution in [0.3, 0.4) is 0 Å². The highest BCUT2D eigenvalue weighted by Gasteiger charge is 2.29. The third kappa shape index (κ3) is 10.5. The molecule has 7 aromatic rings. The van der Waals surface area contributed by atoms with Crippen LogP contribution in [0.1, 0.15) is 124 Å². The Morgan fingerprint density at radius 1 is 0.349 bits per heavy atom. The smallest absolute Gasteiger partial charge is 0.506 e. The molecular formula is C54H60O7P2. The molecule has 0 spiro atoms. The number of aryl methyl sites for hydroxylation is 4. The van der Waals surface area contributed by atoms with Crippen LogP contribution in [0.4, 0.5) is 0 Å². The van der Waals surface area contributed by atoms with Gasteiger partial charge in [-0.2, -0.15) is 0 Å². The second-order valence-electron chi connectivity index (χ2n) is 17.7. The van der Waals surface area contributed by atoms with Crippen molar-refractivity contribution >= 4 is 38.7 Å². The molecule has 0 unspecified atom stereocenters. The molecule has 0 heterocycles. The zero-order valence-electron chi connectivity index (χ0n) is 38.6. The standard InChI is InChI=1S/C54H60O7P2/c1-32(2)42-23-19-36(9)27-48(42)58-62(59-49-28-37(10)20-24-43(49)33(3)4)56-46-17-13-15-40-31-41-16-14-18-47(53(41)54(55)52(40)46)57-63(60-50-29-38(11)21-25-44(50)34(5)6)61-51-30-39(12)22-26-45(51)35(7)8/h13-35,55H,1-12H3.